The minimum absolute atomic E-state index is 0.156. The first kappa shape index (κ1) is 14.8. The number of imidazole rings is 1. The fraction of sp³-hybridized carbons (Fsp3) is 0.429. The van der Waals surface area contributed by atoms with Gasteiger partial charge in [-0.1, -0.05) is 18.5 Å². The van der Waals surface area contributed by atoms with Gasteiger partial charge in [0.25, 0.3) is 0 Å². The van der Waals surface area contributed by atoms with Crippen LogP contribution in [-0.2, 0) is 16.1 Å². The highest BCUT2D eigenvalue weighted by Gasteiger charge is 2.16. The third kappa shape index (κ3) is 3.49. The lowest BCUT2D eigenvalue weighted by Gasteiger charge is -2.18. The topological polar surface area (TPSA) is 46.8 Å². The molecule has 0 bridgehead atoms. The van der Waals surface area contributed by atoms with Crippen LogP contribution in [0.5, 0.6) is 0 Å². The molecule has 0 aromatic carbocycles. The quantitative estimate of drug-likeness (QED) is 0.794. The number of carbonyl (C=O) groups excluding carboxylic acids is 1. The first-order valence-corrected chi connectivity index (χ1v) is 6.77. The second-order valence-corrected chi connectivity index (χ2v) is 5.40. The summed E-state index contributed by atoms with van der Waals surface area (Å²) < 4.78 is 6.62. The molecule has 2 aromatic rings. The summed E-state index contributed by atoms with van der Waals surface area (Å²) in [5.41, 5.74) is 1.80. The van der Waals surface area contributed by atoms with Crippen LogP contribution in [0.2, 0.25) is 5.02 Å². The zero-order valence-electron chi connectivity index (χ0n) is 11.8. The molecule has 2 aromatic heterocycles. The lowest BCUT2D eigenvalue weighted by molar-refractivity contribution is -0.145. The van der Waals surface area contributed by atoms with E-state index in [-0.39, 0.29) is 11.9 Å². The number of esters is 1. The number of nitrogens with zero attached hydrogens (tertiary/aromatic N) is 3. The Morgan fingerprint density at radius 2 is 2.25 bits per heavy atom. The van der Waals surface area contributed by atoms with Gasteiger partial charge in [0.05, 0.1) is 23.7 Å². The largest absolute Gasteiger partial charge is 0.469 e. The van der Waals surface area contributed by atoms with Gasteiger partial charge in [-0.05, 0) is 19.2 Å². The zero-order valence-corrected chi connectivity index (χ0v) is 12.6. The highest BCUT2D eigenvalue weighted by atomic mass is 35.5. The number of hydrogen-bond donors (Lipinski definition) is 0. The van der Waals surface area contributed by atoms with Gasteiger partial charge in [-0.25, -0.2) is 4.98 Å². The maximum atomic E-state index is 11.4. The van der Waals surface area contributed by atoms with E-state index >= 15 is 0 Å². The molecular weight excluding hydrogens is 278 g/mol. The Kier molecular flexibility index (Phi) is 4.62. The molecule has 0 spiro atoms. The molecule has 5 nitrogen and oxygen atoms in total. The molecule has 0 saturated carbocycles. The molecule has 20 heavy (non-hydrogen) atoms. The van der Waals surface area contributed by atoms with Gasteiger partial charge in [0.1, 0.15) is 5.65 Å². The fourth-order valence-corrected chi connectivity index (χ4v) is 2.35. The number of hydrogen-bond acceptors (Lipinski definition) is 4. The standard InChI is InChI=1S/C14H18ClN3O2/c1-10(14(19)20-3)6-17(2)8-12-9-18-7-11(15)4-5-13(18)16-12/h4-5,7,9-10H,6,8H2,1-3H3. The van der Waals surface area contributed by atoms with Gasteiger partial charge in [0.15, 0.2) is 0 Å². The molecule has 0 amide bonds. The van der Waals surface area contributed by atoms with Crippen molar-refractivity contribution >= 4 is 23.2 Å². The minimum Gasteiger partial charge on any atom is -0.469 e. The summed E-state index contributed by atoms with van der Waals surface area (Å²) in [5.74, 6) is -0.352. The molecule has 1 atom stereocenters. The van der Waals surface area contributed by atoms with Gasteiger partial charge in [0.2, 0.25) is 0 Å². The second-order valence-electron chi connectivity index (χ2n) is 4.97. The van der Waals surface area contributed by atoms with E-state index in [1.54, 1.807) is 0 Å². The fourth-order valence-electron chi connectivity index (χ4n) is 2.18. The molecule has 0 aliphatic heterocycles. The summed E-state index contributed by atoms with van der Waals surface area (Å²) in [6.07, 6.45) is 3.77. The SMILES string of the molecule is COC(=O)C(C)CN(C)Cc1cn2cc(Cl)ccc2n1. The summed E-state index contributed by atoms with van der Waals surface area (Å²) >= 11 is 5.94. The monoisotopic (exact) mass is 295 g/mol. The molecule has 0 saturated heterocycles. The van der Waals surface area contributed by atoms with Crippen LogP contribution in [0.4, 0.5) is 0 Å². The molecule has 0 radical (unpaired) electrons. The number of halogens is 1. The zero-order chi connectivity index (χ0) is 14.7. The van der Waals surface area contributed by atoms with Crippen LogP contribution >= 0.6 is 11.6 Å². The first-order chi connectivity index (χ1) is 9.49. The lowest BCUT2D eigenvalue weighted by Crippen LogP contribution is -2.29. The van der Waals surface area contributed by atoms with Gasteiger partial charge in [-0.3, -0.25) is 9.69 Å². The Morgan fingerprint density at radius 1 is 1.50 bits per heavy atom. The number of pyridine rings is 1. The number of rotatable bonds is 5. The minimum atomic E-state index is -0.196. The van der Waals surface area contributed by atoms with E-state index in [9.17, 15) is 4.79 Å². The Bertz CT molecular complexity index is 611. The Morgan fingerprint density at radius 3 is 2.95 bits per heavy atom. The average Bonchev–Trinajstić information content (AvgIpc) is 2.78. The van der Waals surface area contributed by atoms with Crippen molar-refractivity contribution in [3.63, 3.8) is 0 Å². The van der Waals surface area contributed by atoms with Crippen molar-refractivity contribution in [3.8, 4) is 0 Å². The maximum absolute atomic E-state index is 11.4. The van der Waals surface area contributed by atoms with Gasteiger partial charge in [0, 0.05) is 25.5 Å². The van der Waals surface area contributed by atoms with Crippen LogP contribution in [0.25, 0.3) is 5.65 Å². The van der Waals surface area contributed by atoms with Crippen LogP contribution in [0, 0.1) is 5.92 Å². The summed E-state index contributed by atoms with van der Waals surface area (Å²) in [6, 6.07) is 3.69. The van der Waals surface area contributed by atoms with E-state index < -0.39 is 0 Å². The van der Waals surface area contributed by atoms with Crippen molar-refractivity contribution in [2.45, 2.75) is 13.5 Å². The molecule has 6 heteroatoms. The van der Waals surface area contributed by atoms with Gasteiger partial charge >= 0.3 is 5.97 Å². The highest BCUT2D eigenvalue weighted by Crippen LogP contribution is 2.13. The molecule has 108 valence electrons. The number of carbonyl (C=O) groups is 1. The smallest absolute Gasteiger partial charge is 0.309 e. The van der Waals surface area contributed by atoms with E-state index in [2.05, 4.69) is 4.98 Å². The number of methoxy groups -OCH3 is 1. The summed E-state index contributed by atoms with van der Waals surface area (Å²) in [4.78, 5) is 18.0. The molecular formula is C14H18ClN3O2. The van der Waals surface area contributed by atoms with E-state index in [0.29, 0.717) is 18.1 Å². The molecule has 0 aliphatic rings. The van der Waals surface area contributed by atoms with E-state index in [4.69, 9.17) is 16.3 Å². The van der Waals surface area contributed by atoms with Crippen LogP contribution < -0.4 is 0 Å². The predicted octanol–water partition coefficient (Wildman–Crippen LogP) is 2.23. The number of fused-ring (bicyclic) bond motifs is 1. The lowest BCUT2D eigenvalue weighted by atomic mass is 10.2. The van der Waals surface area contributed by atoms with E-state index in [1.165, 1.54) is 7.11 Å². The molecule has 0 N–H and O–H groups in total. The van der Waals surface area contributed by atoms with Crippen molar-refractivity contribution in [3.05, 3.63) is 35.2 Å². The average molecular weight is 296 g/mol. The predicted molar refractivity (Wildman–Crippen MR) is 77.7 cm³/mol. The van der Waals surface area contributed by atoms with Crippen LogP contribution in [0.3, 0.4) is 0 Å². The van der Waals surface area contributed by atoms with Gasteiger partial charge in [-0.15, -0.1) is 0 Å². The van der Waals surface area contributed by atoms with Crippen LogP contribution in [0.15, 0.2) is 24.5 Å². The van der Waals surface area contributed by atoms with Crippen LogP contribution in [0.1, 0.15) is 12.6 Å². The third-order valence-electron chi connectivity index (χ3n) is 3.09. The van der Waals surface area contributed by atoms with Crippen molar-refractivity contribution in [2.24, 2.45) is 5.92 Å². The molecule has 1 unspecified atom stereocenters. The molecule has 2 rings (SSSR count). The number of aromatic nitrogens is 2. The van der Waals surface area contributed by atoms with Gasteiger partial charge < -0.3 is 9.14 Å². The van der Waals surface area contributed by atoms with Crippen molar-refractivity contribution in [2.75, 3.05) is 20.7 Å². The Labute approximate surface area is 123 Å². The Hall–Kier alpha value is -1.59. The summed E-state index contributed by atoms with van der Waals surface area (Å²) in [7, 11) is 3.36. The normalized spacial score (nSPS) is 12.8. The summed E-state index contributed by atoms with van der Waals surface area (Å²) in [5, 5.41) is 0.675. The van der Waals surface area contributed by atoms with Crippen LogP contribution in [-0.4, -0.2) is 41.0 Å². The highest BCUT2D eigenvalue weighted by molar-refractivity contribution is 6.30. The molecule has 0 fully saturated rings. The Balaban J connectivity index is 2.02. The molecule has 0 aliphatic carbocycles. The maximum Gasteiger partial charge on any atom is 0.309 e. The van der Waals surface area contributed by atoms with E-state index in [0.717, 1.165) is 11.3 Å². The van der Waals surface area contributed by atoms with E-state index in [1.807, 2.05) is 47.8 Å². The van der Waals surface area contributed by atoms with Crippen molar-refractivity contribution < 1.29 is 9.53 Å². The molecule has 2 heterocycles. The number of ether oxygens (including phenoxy) is 1. The second kappa shape index (κ2) is 6.24. The van der Waals surface area contributed by atoms with Crippen molar-refractivity contribution in [1.82, 2.24) is 14.3 Å². The summed E-state index contributed by atoms with van der Waals surface area (Å²) in [6.45, 7) is 3.15. The first-order valence-electron chi connectivity index (χ1n) is 6.39. The van der Waals surface area contributed by atoms with Crippen molar-refractivity contribution in [1.29, 1.82) is 0 Å². The van der Waals surface area contributed by atoms with Gasteiger partial charge in [-0.2, -0.15) is 0 Å². The third-order valence-corrected chi connectivity index (χ3v) is 3.31.